The molecule has 0 saturated heterocycles. The zero-order valence-corrected chi connectivity index (χ0v) is 14.0. The Hall–Kier alpha value is -3.42. The number of aromatic nitrogens is 1. The molecule has 2 aromatic carbocycles. The van der Waals surface area contributed by atoms with Crippen LogP contribution in [0, 0.1) is 34.3 Å². The Bertz CT molecular complexity index is 1050. The Labute approximate surface area is 152 Å². The summed E-state index contributed by atoms with van der Waals surface area (Å²) in [6.45, 7) is 0. The van der Waals surface area contributed by atoms with Gasteiger partial charge in [0, 0.05) is 10.5 Å². The number of rotatable bonds is 3. The van der Waals surface area contributed by atoms with Gasteiger partial charge in [-0.05, 0) is 24.3 Å². The summed E-state index contributed by atoms with van der Waals surface area (Å²) in [5, 5.41) is 19.2. The number of nitrogens with zero attached hydrogens (tertiary/aromatic N) is 3. The third-order valence-corrected chi connectivity index (χ3v) is 4.58. The first-order valence-corrected chi connectivity index (χ1v) is 8.19. The molecule has 0 aliphatic rings. The SMILES string of the molecule is N#Cc1c(N)nc(Sc2ccccc2)c(C#N)c1-c1c(F)cccc1F. The van der Waals surface area contributed by atoms with Crippen molar-refractivity contribution < 1.29 is 8.78 Å². The summed E-state index contributed by atoms with van der Waals surface area (Å²) in [7, 11) is 0. The normalized spacial score (nSPS) is 10.2. The lowest BCUT2D eigenvalue weighted by Crippen LogP contribution is -2.05. The van der Waals surface area contributed by atoms with Gasteiger partial charge in [-0.15, -0.1) is 0 Å². The Balaban J connectivity index is 2.33. The molecule has 0 bridgehead atoms. The number of benzene rings is 2. The van der Waals surface area contributed by atoms with Gasteiger partial charge in [0.2, 0.25) is 0 Å². The highest BCUT2D eigenvalue weighted by Crippen LogP contribution is 2.39. The van der Waals surface area contributed by atoms with E-state index >= 15 is 0 Å². The Morgan fingerprint density at radius 2 is 1.46 bits per heavy atom. The smallest absolute Gasteiger partial charge is 0.143 e. The van der Waals surface area contributed by atoms with Crippen LogP contribution < -0.4 is 5.73 Å². The van der Waals surface area contributed by atoms with E-state index in [2.05, 4.69) is 4.98 Å². The summed E-state index contributed by atoms with van der Waals surface area (Å²) < 4.78 is 28.7. The van der Waals surface area contributed by atoms with Crippen molar-refractivity contribution in [2.75, 3.05) is 5.73 Å². The monoisotopic (exact) mass is 364 g/mol. The van der Waals surface area contributed by atoms with Gasteiger partial charge in [-0.3, -0.25) is 0 Å². The van der Waals surface area contributed by atoms with E-state index < -0.39 is 17.2 Å². The number of halogens is 2. The molecule has 126 valence electrons. The van der Waals surface area contributed by atoms with Crippen molar-refractivity contribution in [2.24, 2.45) is 0 Å². The van der Waals surface area contributed by atoms with Crippen molar-refractivity contribution in [1.82, 2.24) is 4.98 Å². The van der Waals surface area contributed by atoms with Gasteiger partial charge in [-0.25, -0.2) is 13.8 Å². The maximum absolute atomic E-state index is 14.3. The summed E-state index contributed by atoms with van der Waals surface area (Å²) in [5.41, 5.74) is 4.86. The largest absolute Gasteiger partial charge is 0.383 e. The van der Waals surface area contributed by atoms with Crippen LogP contribution in [0.25, 0.3) is 11.1 Å². The van der Waals surface area contributed by atoms with Crippen LogP contribution in [0.4, 0.5) is 14.6 Å². The Morgan fingerprint density at radius 3 is 2.04 bits per heavy atom. The topological polar surface area (TPSA) is 86.5 Å². The average Bonchev–Trinajstić information content (AvgIpc) is 2.62. The third kappa shape index (κ3) is 3.08. The van der Waals surface area contributed by atoms with Crippen LogP contribution in [-0.4, -0.2) is 4.98 Å². The van der Waals surface area contributed by atoms with Gasteiger partial charge in [-0.2, -0.15) is 10.5 Å². The maximum atomic E-state index is 14.3. The highest BCUT2D eigenvalue weighted by Gasteiger charge is 2.25. The number of pyridine rings is 1. The van der Waals surface area contributed by atoms with Crippen molar-refractivity contribution in [1.29, 1.82) is 10.5 Å². The molecule has 1 heterocycles. The minimum absolute atomic E-state index is 0.103. The van der Waals surface area contributed by atoms with Crippen LogP contribution in [0.1, 0.15) is 11.1 Å². The lowest BCUT2D eigenvalue weighted by molar-refractivity contribution is 0.589. The second kappa shape index (κ2) is 7.22. The molecule has 0 saturated carbocycles. The Kier molecular flexibility index (Phi) is 4.83. The van der Waals surface area contributed by atoms with E-state index in [1.54, 1.807) is 30.3 Å². The highest BCUT2D eigenvalue weighted by molar-refractivity contribution is 7.99. The second-order valence-electron chi connectivity index (χ2n) is 5.16. The summed E-state index contributed by atoms with van der Waals surface area (Å²) in [6, 6.07) is 16.1. The van der Waals surface area contributed by atoms with E-state index in [1.165, 1.54) is 6.07 Å². The number of nitrogens with two attached hydrogens (primary N) is 1. The molecule has 3 rings (SSSR count). The lowest BCUT2D eigenvalue weighted by atomic mass is 9.96. The van der Waals surface area contributed by atoms with Crippen molar-refractivity contribution in [2.45, 2.75) is 9.92 Å². The summed E-state index contributed by atoms with van der Waals surface area (Å²) in [4.78, 5) is 4.87. The van der Waals surface area contributed by atoms with Crippen LogP contribution in [-0.2, 0) is 0 Å². The number of hydrogen-bond donors (Lipinski definition) is 1. The van der Waals surface area contributed by atoms with E-state index in [0.717, 1.165) is 28.8 Å². The fourth-order valence-corrected chi connectivity index (χ4v) is 3.37. The van der Waals surface area contributed by atoms with Crippen molar-refractivity contribution in [3.63, 3.8) is 0 Å². The van der Waals surface area contributed by atoms with Gasteiger partial charge in [-0.1, -0.05) is 36.0 Å². The number of nitrogen functional groups attached to an aromatic ring is 1. The highest BCUT2D eigenvalue weighted by atomic mass is 32.2. The van der Waals surface area contributed by atoms with Gasteiger partial charge in [0.1, 0.15) is 40.2 Å². The average molecular weight is 364 g/mol. The van der Waals surface area contributed by atoms with Gasteiger partial charge in [0.15, 0.2) is 0 Å². The van der Waals surface area contributed by atoms with Crippen LogP contribution in [0.3, 0.4) is 0 Å². The van der Waals surface area contributed by atoms with Gasteiger partial charge >= 0.3 is 0 Å². The minimum atomic E-state index is -0.890. The number of nitriles is 2. The number of hydrogen-bond acceptors (Lipinski definition) is 5. The van der Waals surface area contributed by atoms with E-state index in [1.807, 2.05) is 12.1 Å². The van der Waals surface area contributed by atoms with Crippen molar-refractivity contribution in [3.05, 3.63) is 71.3 Å². The third-order valence-electron chi connectivity index (χ3n) is 3.59. The first-order chi connectivity index (χ1) is 12.6. The minimum Gasteiger partial charge on any atom is -0.383 e. The van der Waals surface area contributed by atoms with Crippen LogP contribution in [0.15, 0.2) is 58.5 Å². The molecule has 0 unspecified atom stereocenters. The van der Waals surface area contributed by atoms with Gasteiger partial charge in [0.05, 0.1) is 11.1 Å². The molecular weight excluding hydrogens is 354 g/mol. The maximum Gasteiger partial charge on any atom is 0.143 e. The van der Waals surface area contributed by atoms with Crippen LogP contribution >= 0.6 is 11.8 Å². The molecule has 0 atom stereocenters. The molecule has 1 aromatic heterocycles. The van der Waals surface area contributed by atoms with E-state index in [0.29, 0.717) is 0 Å². The molecule has 2 N–H and O–H groups in total. The second-order valence-corrected chi connectivity index (χ2v) is 6.22. The Morgan fingerprint density at radius 1 is 0.846 bits per heavy atom. The zero-order chi connectivity index (χ0) is 18.7. The number of anilines is 1. The molecule has 26 heavy (non-hydrogen) atoms. The molecule has 0 amide bonds. The molecule has 0 aliphatic carbocycles. The first kappa shape index (κ1) is 17.4. The quantitative estimate of drug-likeness (QED) is 0.739. The fraction of sp³-hybridized carbons (Fsp3) is 0. The molecule has 3 aromatic rings. The van der Waals surface area contributed by atoms with Gasteiger partial charge in [0.25, 0.3) is 0 Å². The predicted molar refractivity (Wildman–Crippen MR) is 94.0 cm³/mol. The van der Waals surface area contributed by atoms with Crippen molar-refractivity contribution in [3.8, 4) is 23.3 Å². The lowest BCUT2D eigenvalue weighted by Gasteiger charge is -2.14. The summed E-state index contributed by atoms with van der Waals surface area (Å²) >= 11 is 1.12. The van der Waals surface area contributed by atoms with Gasteiger partial charge < -0.3 is 5.73 Å². The molecule has 7 heteroatoms. The van der Waals surface area contributed by atoms with Crippen LogP contribution in [0.2, 0.25) is 0 Å². The zero-order valence-electron chi connectivity index (χ0n) is 13.2. The molecule has 0 aliphatic heterocycles. The summed E-state index contributed by atoms with van der Waals surface area (Å²) in [5.74, 6) is -1.97. The van der Waals surface area contributed by atoms with Crippen LogP contribution in [0.5, 0.6) is 0 Å². The fourth-order valence-electron chi connectivity index (χ4n) is 2.46. The van der Waals surface area contributed by atoms with E-state index in [-0.39, 0.29) is 27.5 Å². The first-order valence-electron chi connectivity index (χ1n) is 7.37. The van der Waals surface area contributed by atoms with Crippen molar-refractivity contribution >= 4 is 17.6 Å². The van der Waals surface area contributed by atoms with E-state index in [9.17, 15) is 19.3 Å². The predicted octanol–water partition coefficient (Wildman–Crippen LogP) is 4.50. The standard InChI is InChI=1S/C19H10F2N4S/c20-14-7-4-8-15(21)17(14)16-12(9-22)18(24)25-19(13(16)10-23)26-11-5-2-1-3-6-11/h1-8H,(H2,24,25). The molecule has 4 nitrogen and oxygen atoms in total. The summed E-state index contributed by atoms with van der Waals surface area (Å²) in [6.07, 6.45) is 0. The molecule has 0 spiro atoms. The van der Waals surface area contributed by atoms with E-state index in [4.69, 9.17) is 5.73 Å². The molecular formula is C19H10F2N4S. The molecule has 0 radical (unpaired) electrons. The molecule has 0 fully saturated rings.